The molecule has 4 nitrogen and oxygen atoms in total. The van der Waals surface area contributed by atoms with E-state index in [1.165, 1.54) is 12.1 Å². The van der Waals surface area contributed by atoms with Crippen LogP contribution in [0.1, 0.15) is 11.1 Å². The number of benzene rings is 5. The van der Waals surface area contributed by atoms with E-state index >= 15 is 0 Å². The summed E-state index contributed by atoms with van der Waals surface area (Å²) in [5, 5.41) is 0. The van der Waals surface area contributed by atoms with Crippen LogP contribution in [0.5, 0.6) is 46.0 Å². The van der Waals surface area contributed by atoms with Crippen molar-refractivity contribution in [3.8, 4) is 46.0 Å². The van der Waals surface area contributed by atoms with Gasteiger partial charge in [-0.25, -0.2) is 8.78 Å². The summed E-state index contributed by atoms with van der Waals surface area (Å²) in [5.41, 5.74) is 0.881. The minimum absolute atomic E-state index is 0.321. The number of hydrogen-bond donors (Lipinski definition) is 0. The summed E-state index contributed by atoms with van der Waals surface area (Å²) < 4.78 is 51.3. The zero-order valence-corrected chi connectivity index (χ0v) is 20.8. The molecule has 5 aromatic carbocycles. The lowest BCUT2D eigenvalue weighted by molar-refractivity contribution is 0.448. The molecule has 0 aromatic heterocycles. The van der Waals surface area contributed by atoms with E-state index in [0.29, 0.717) is 57.1 Å². The van der Waals surface area contributed by atoms with Gasteiger partial charge in [-0.2, -0.15) is 0 Å². The van der Waals surface area contributed by atoms with Gasteiger partial charge in [0.2, 0.25) is 0 Å². The molecule has 0 heterocycles. The van der Waals surface area contributed by atoms with Crippen LogP contribution in [-0.2, 0) is 0 Å². The first-order valence-electron chi connectivity index (χ1n) is 12.0. The Morgan fingerprint density at radius 3 is 1.13 bits per heavy atom. The summed E-state index contributed by atoms with van der Waals surface area (Å²) in [6.45, 7) is 3.34. The topological polar surface area (TPSA) is 36.9 Å². The van der Waals surface area contributed by atoms with Crippen molar-refractivity contribution in [3.63, 3.8) is 0 Å². The number of hydrogen-bond acceptors (Lipinski definition) is 4. The molecule has 190 valence electrons. The van der Waals surface area contributed by atoms with Gasteiger partial charge >= 0.3 is 0 Å². The van der Waals surface area contributed by atoms with Crippen molar-refractivity contribution >= 4 is 0 Å². The van der Waals surface area contributed by atoms with E-state index in [4.69, 9.17) is 18.9 Å². The average molecular weight is 511 g/mol. The highest BCUT2D eigenvalue weighted by Crippen LogP contribution is 2.33. The maximum Gasteiger partial charge on any atom is 0.133 e. The molecule has 0 bridgehead atoms. The van der Waals surface area contributed by atoms with Gasteiger partial charge in [-0.1, -0.05) is 24.3 Å². The second-order valence-electron chi connectivity index (χ2n) is 8.56. The predicted molar refractivity (Wildman–Crippen MR) is 142 cm³/mol. The van der Waals surface area contributed by atoms with Gasteiger partial charge in [-0.3, -0.25) is 0 Å². The molecule has 0 atom stereocenters. The fourth-order valence-electron chi connectivity index (χ4n) is 3.70. The molecule has 0 radical (unpaired) electrons. The van der Waals surface area contributed by atoms with Crippen LogP contribution in [0.3, 0.4) is 0 Å². The van der Waals surface area contributed by atoms with E-state index in [9.17, 15) is 8.78 Å². The summed E-state index contributed by atoms with van der Waals surface area (Å²) in [6.07, 6.45) is 0. The molecular formula is C32H24F2O4. The summed E-state index contributed by atoms with van der Waals surface area (Å²) in [4.78, 5) is 0. The third-order valence-corrected chi connectivity index (χ3v) is 5.80. The van der Waals surface area contributed by atoms with Crippen LogP contribution >= 0.6 is 0 Å². The molecule has 0 spiro atoms. The van der Waals surface area contributed by atoms with Crippen molar-refractivity contribution in [1.82, 2.24) is 0 Å². The van der Waals surface area contributed by atoms with Gasteiger partial charge in [0.1, 0.15) is 57.6 Å². The molecule has 0 unspecified atom stereocenters. The van der Waals surface area contributed by atoms with Crippen LogP contribution in [0.2, 0.25) is 0 Å². The molecule has 0 aliphatic heterocycles. The minimum atomic E-state index is -0.321. The highest BCUT2D eigenvalue weighted by atomic mass is 19.1. The van der Waals surface area contributed by atoms with Gasteiger partial charge < -0.3 is 18.9 Å². The Kier molecular flexibility index (Phi) is 7.22. The Morgan fingerprint density at radius 2 is 0.737 bits per heavy atom. The van der Waals surface area contributed by atoms with Crippen molar-refractivity contribution in [2.75, 3.05) is 0 Å². The van der Waals surface area contributed by atoms with Crippen LogP contribution in [0, 0.1) is 25.5 Å². The monoisotopic (exact) mass is 510 g/mol. The molecule has 6 heteroatoms. The van der Waals surface area contributed by atoms with Gasteiger partial charge in [-0.05, 0) is 86.6 Å². The molecular weight excluding hydrogens is 486 g/mol. The van der Waals surface area contributed by atoms with E-state index in [2.05, 4.69) is 0 Å². The fraction of sp³-hybridized carbons (Fsp3) is 0.0625. The lowest BCUT2D eigenvalue weighted by atomic mass is 10.2. The van der Waals surface area contributed by atoms with Crippen molar-refractivity contribution in [2.45, 2.75) is 13.8 Å². The largest absolute Gasteiger partial charge is 0.457 e. The van der Waals surface area contributed by atoms with Crippen LogP contribution in [0.15, 0.2) is 109 Å². The Bertz CT molecular complexity index is 1450. The second kappa shape index (κ2) is 11.0. The SMILES string of the molecule is Cc1c(F)cccc1Oc1cccc(Oc2ccc(Oc3cccc(Oc4cccc(F)c4C)c3)cc2)c1. The second-order valence-corrected chi connectivity index (χ2v) is 8.56. The minimum Gasteiger partial charge on any atom is -0.457 e. The molecule has 0 N–H and O–H groups in total. The molecule has 0 saturated heterocycles. The van der Waals surface area contributed by atoms with E-state index in [0.717, 1.165) is 0 Å². The van der Waals surface area contributed by atoms with Gasteiger partial charge in [0.25, 0.3) is 0 Å². The van der Waals surface area contributed by atoms with Crippen molar-refractivity contribution in [1.29, 1.82) is 0 Å². The van der Waals surface area contributed by atoms with Crippen LogP contribution < -0.4 is 18.9 Å². The molecule has 0 aliphatic carbocycles. The van der Waals surface area contributed by atoms with E-state index in [1.807, 2.05) is 12.1 Å². The fourth-order valence-corrected chi connectivity index (χ4v) is 3.70. The van der Waals surface area contributed by atoms with E-state index < -0.39 is 0 Å². The van der Waals surface area contributed by atoms with Crippen LogP contribution in [-0.4, -0.2) is 0 Å². The first-order valence-corrected chi connectivity index (χ1v) is 12.0. The molecule has 0 saturated carbocycles. The van der Waals surface area contributed by atoms with E-state index in [-0.39, 0.29) is 11.6 Å². The smallest absolute Gasteiger partial charge is 0.133 e. The molecule has 0 amide bonds. The summed E-state index contributed by atoms with van der Waals surface area (Å²) in [7, 11) is 0. The highest BCUT2D eigenvalue weighted by Gasteiger charge is 2.09. The van der Waals surface area contributed by atoms with E-state index in [1.54, 1.807) is 98.8 Å². The Labute approximate surface area is 219 Å². The third kappa shape index (κ3) is 5.93. The number of ether oxygens (including phenoxy) is 4. The quantitative estimate of drug-likeness (QED) is 0.208. The maximum atomic E-state index is 13.8. The van der Waals surface area contributed by atoms with Gasteiger partial charge in [0.15, 0.2) is 0 Å². The maximum absolute atomic E-state index is 13.8. The zero-order valence-electron chi connectivity index (χ0n) is 20.8. The predicted octanol–water partition coefficient (Wildman–Crippen LogP) is 9.75. The molecule has 0 aliphatic rings. The standard InChI is InChI=1S/C32H24F2O4/c1-21-29(33)11-5-13-31(21)37-27-9-3-7-25(19-27)35-23-15-17-24(18-16-23)36-26-8-4-10-28(20-26)38-32-14-6-12-30(34)22(32)2/h3-20H,1-2H3. The Balaban J connectivity index is 1.23. The first-order chi connectivity index (χ1) is 18.4. The third-order valence-electron chi connectivity index (χ3n) is 5.80. The van der Waals surface area contributed by atoms with Crippen molar-refractivity contribution in [2.24, 2.45) is 0 Å². The van der Waals surface area contributed by atoms with Gasteiger partial charge in [0.05, 0.1) is 0 Å². The lowest BCUT2D eigenvalue weighted by Gasteiger charge is -2.12. The van der Waals surface area contributed by atoms with Crippen molar-refractivity contribution in [3.05, 3.63) is 132 Å². The molecule has 5 rings (SSSR count). The summed E-state index contributed by atoms with van der Waals surface area (Å²) in [5.74, 6) is 3.68. The zero-order chi connectivity index (χ0) is 26.5. The van der Waals surface area contributed by atoms with Crippen LogP contribution in [0.4, 0.5) is 8.78 Å². The number of rotatable bonds is 8. The summed E-state index contributed by atoms with van der Waals surface area (Å²) in [6, 6.07) is 30.8. The van der Waals surface area contributed by atoms with Crippen molar-refractivity contribution < 1.29 is 27.7 Å². The van der Waals surface area contributed by atoms with Crippen LogP contribution in [0.25, 0.3) is 0 Å². The molecule has 5 aromatic rings. The van der Waals surface area contributed by atoms with Gasteiger partial charge in [0, 0.05) is 23.3 Å². The molecule has 0 fully saturated rings. The Morgan fingerprint density at radius 1 is 0.395 bits per heavy atom. The first kappa shape index (κ1) is 24.8. The van der Waals surface area contributed by atoms with Gasteiger partial charge in [-0.15, -0.1) is 0 Å². The highest BCUT2D eigenvalue weighted by molar-refractivity contribution is 5.44. The summed E-state index contributed by atoms with van der Waals surface area (Å²) >= 11 is 0. The molecule has 38 heavy (non-hydrogen) atoms. The Hall–Kier alpha value is -4.84. The lowest BCUT2D eigenvalue weighted by Crippen LogP contribution is -1.92. The normalized spacial score (nSPS) is 10.6. The number of halogens is 2. The average Bonchev–Trinajstić information content (AvgIpc) is 2.91.